The summed E-state index contributed by atoms with van der Waals surface area (Å²) < 4.78 is 5.09. The topological polar surface area (TPSA) is 62.4 Å². The Kier molecular flexibility index (Phi) is 7.17. The van der Waals surface area contributed by atoms with E-state index in [-0.39, 0.29) is 5.91 Å². The summed E-state index contributed by atoms with van der Waals surface area (Å²) in [6.45, 7) is 4.28. The normalized spacial score (nSPS) is 10.6. The third-order valence-electron chi connectivity index (χ3n) is 3.68. The van der Waals surface area contributed by atoms with Gasteiger partial charge in [-0.2, -0.15) is 0 Å². The number of hydrogen-bond donors (Lipinski definition) is 3. The Balaban J connectivity index is 1.78. The summed E-state index contributed by atoms with van der Waals surface area (Å²) in [7, 11) is 1.61. The Morgan fingerprint density at radius 1 is 1.04 bits per heavy atom. The molecule has 1 amide bonds. The van der Waals surface area contributed by atoms with Gasteiger partial charge in [0.25, 0.3) is 5.91 Å². The van der Waals surface area contributed by atoms with Crippen molar-refractivity contribution in [3.63, 3.8) is 0 Å². The maximum atomic E-state index is 11.8. The molecular weight excluding hydrogens is 346 g/mol. The molecule has 0 heterocycles. The van der Waals surface area contributed by atoms with Crippen LogP contribution in [-0.2, 0) is 4.79 Å². The number of methoxy groups -OCH3 is 1. The molecule has 2 aromatic rings. The first-order chi connectivity index (χ1) is 12.5. The van der Waals surface area contributed by atoms with Crippen LogP contribution in [0.3, 0.4) is 0 Å². The van der Waals surface area contributed by atoms with Crippen molar-refractivity contribution in [2.24, 2.45) is 0 Å². The number of hydrazine groups is 1. The van der Waals surface area contributed by atoms with Gasteiger partial charge < -0.3 is 10.1 Å². The molecule has 0 aliphatic rings. The van der Waals surface area contributed by atoms with Crippen LogP contribution >= 0.6 is 12.2 Å². The first-order valence-corrected chi connectivity index (χ1v) is 8.68. The highest BCUT2D eigenvalue weighted by Gasteiger charge is 2.02. The number of benzene rings is 2. The van der Waals surface area contributed by atoms with Gasteiger partial charge in [-0.05, 0) is 59.6 Å². The molecule has 136 valence electrons. The maximum absolute atomic E-state index is 11.8. The summed E-state index contributed by atoms with van der Waals surface area (Å²) in [5.74, 6) is 0.942. The van der Waals surface area contributed by atoms with Crippen LogP contribution in [0, 0.1) is 0 Å². The summed E-state index contributed by atoms with van der Waals surface area (Å²) in [6.07, 6.45) is 3.13. The molecule has 0 spiro atoms. The molecule has 0 atom stereocenters. The monoisotopic (exact) mass is 369 g/mol. The second-order valence-corrected chi connectivity index (χ2v) is 6.36. The molecule has 0 saturated carbocycles. The number of carbonyl (C=O) groups excluding carboxylic acids is 1. The number of thiocarbonyl (C=S) groups is 1. The number of ether oxygens (including phenoxy) is 1. The molecule has 0 radical (unpaired) electrons. The van der Waals surface area contributed by atoms with E-state index in [9.17, 15) is 4.79 Å². The molecule has 2 rings (SSSR count). The van der Waals surface area contributed by atoms with Crippen LogP contribution in [0.15, 0.2) is 54.6 Å². The minimum atomic E-state index is -0.305. The van der Waals surface area contributed by atoms with Crippen molar-refractivity contribution >= 4 is 35.0 Å². The van der Waals surface area contributed by atoms with E-state index in [0.717, 1.165) is 17.0 Å². The molecule has 0 unspecified atom stereocenters. The average molecular weight is 369 g/mol. The molecular formula is C20H23N3O2S. The van der Waals surface area contributed by atoms with Crippen LogP contribution in [0.5, 0.6) is 5.75 Å². The van der Waals surface area contributed by atoms with Crippen molar-refractivity contribution < 1.29 is 9.53 Å². The summed E-state index contributed by atoms with van der Waals surface area (Å²) in [5.41, 5.74) is 8.20. The summed E-state index contributed by atoms with van der Waals surface area (Å²) >= 11 is 5.17. The van der Waals surface area contributed by atoms with Crippen molar-refractivity contribution in [2.75, 3.05) is 12.4 Å². The van der Waals surface area contributed by atoms with Gasteiger partial charge in [-0.3, -0.25) is 15.6 Å². The number of hydrogen-bond acceptors (Lipinski definition) is 3. The van der Waals surface area contributed by atoms with Crippen LogP contribution < -0.4 is 20.9 Å². The predicted molar refractivity (Wildman–Crippen MR) is 110 cm³/mol. The first kappa shape index (κ1) is 19.5. The van der Waals surface area contributed by atoms with E-state index in [2.05, 4.69) is 30.0 Å². The van der Waals surface area contributed by atoms with E-state index in [4.69, 9.17) is 17.0 Å². The second kappa shape index (κ2) is 9.58. The summed E-state index contributed by atoms with van der Waals surface area (Å²) in [6, 6.07) is 15.4. The molecule has 2 aromatic carbocycles. The second-order valence-electron chi connectivity index (χ2n) is 5.95. The Morgan fingerprint density at radius 3 is 2.27 bits per heavy atom. The van der Waals surface area contributed by atoms with Gasteiger partial charge in [0.15, 0.2) is 5.11 Å². The highest BCUT2D eigenvalue weighted by atomic mass is 32.1. The van der Waals surface area contributed by atoms with Crippen LogP contribution in [0.2, 0.25) is 0 Å². The van der Waals surface area contributed by atoms with Gasteiger partial charge >= 0.3 is 0 Å². The largest absolute Gasteiger partial charge is 0.497 e. The van der Waals surface area contributed by atoms with E-state index < -0.39 is 0 Å². The van der Waals surface area contributed by atoms with Crippen LogP contribution in [0.25, 0.3) is 6.08 Å². The predicted octanol–water partition coefficient (Wildman–Crippen LogP) is 3.85. The minimum absolute atomic E-state index is 0.305. The van der Waals surface area contributed by atoms with Gasteiger partial charge in [0.2, 0.25) is 0 Å². The third kappa shape index (κ3) is 6.22. The Bertz CT molecular complexity index is 769. The summed E-state index contributed by atoms with van der Waals surface area (Å²) in [4.78, 5) is 11.8. The third-order valence-corrected chi connectivity index (χ3v) is 3.88. The lowest BCUT2D eigenvalue weighted by Crippen LogP contribution is -2.43. The van der Waals surface area contributed by atoms with E-state index in [0.29, 0.717) is 11.0 Å². The van der Waals surface area contributed by atoms with E-state index in [1.165, 1.54) is 11.6 Å². The standard InChI is InChI=1S/C20H23N3O2S/c1-14(2)16-7-9-17(10-8-16)21-20(26)23-22-19(24)13-6-15-4-11-18(25-3)12-5-15/h4-14H,1-3H3,(H,22,24)(H2,21,23,26)/b13-6+. The lowest BCUT2D eigenvalue weighted by molar-refractivity contribution is -0.116. The number of carbonyl (C=O) groups is 1. The van der Waals surface area contributed by atoms with Crippen molar-refractivity contribution in [1.82, 2.24) is 10.9 Å². The number of rotatable bonds is 5. The Hall–Kier alpha value is -2.86. The number of anilines is 1. The van der Waals surface area contributed by atoms with Gasteiger partial charge in [0.1, 0.15) is 5.75 Å². The zero-order valence-electron chi connectivity index (χ0n) is 15.1. The van der Waals surface area contributed by atoms with Gasteiger partial charge in [-0.1, -0.05) is 38.1 Å². The van der Waals surface area contributed by atoms with E-state index in [1.807, 2.05) is 48.5 Å². The van der Waals surface area contributed by atoms with Crippen LogP contribution in [0.1, 0.15) is 30.9 Å². The fraction of sp³-hybridized carbons (Fsp3) is 0.200. The quantitative estimate of drug-likeness (QED) is 0.424. The lowest BCUT2D eigenvalue weighted by atomic mass is 10.0. The summed E-state index contributed by atoms with van der Waals surface area (Å²) in [5, 5.41) is 3.33. The molecule has 0 fully saturated rings. The molecule has 0 aliphatic carbocycles. The Labute approximate surface area is 159 Å². The van der Waals surface area contributed by atoms with Gasteiger partial charge in [-0.15, -0.1) is 0 Å². The molecule has 5 nitrogen and oxygen atoms in total. The van der Waals surface area contributed by atoms with Crippen molar-refractivity contribution in [3.8, 4) is 5.75 Å². The van der Waals surface area contributed by atoms with Gasteiger partial charge in [-0.25, -0.2) is 0 Å². The van der Waals surface area contributed by atoms with Gasteiger partial charge in [0.05, 0.1) is 7.11 Å². The van der Waals surface area contributed by atoms with Gasteiger partial charge in [0, 0.05) is 11.8 Å². The maximum Gasteiger partial charge on any atom is 0.262 e. The lowest BCUT2D eigenvalue weighted by Gasteiger charge is -2.11. The highest BCUT2D eigenvalue weighted by molar-refractivity contribution is 7.80. The van der Waals surface area contributed by atoms with Crippen LogP contribution in [0.4, 0.5) is 5.69 Å². The molecule has 0 bridgehead atoms. The smallest absolute Gasteiger partial charge is 0.262 e. The van der Waals surface area contributed by atoms with Crippen molar-refractivity contribution in [1.29, 1.82) is 0 Å². The zero-order valence-corrected chi connectivity index (χ0v) is 15.9. The number of nitrogens with one attached hydrogen (secondary N) is 3. The van der Waals surface area contributed by atoms with Crippen molar-refractivity contribution in [3.05, 3.63) is 65.7 Å². The fourth-order valence-corrected chi connectivity index (χ4v) is 2.33. The van der Waals surface area contributed by atoms with E-state index >= 15 is 0 Å². The molecule has 0 aromatic heterocycles. The SMILES string of the molecule is COc1ccc(/C=C/C(=O)NNC(=S)Nc2ccc(C(C)C)cc2)cc1. The molecule has 0 aliphatic heterocycles. The fourth-order valence-electron chi connectivity index (χ4n) is 2.16. The number of amides is 1. The van der Waals surface area contributed by atoms with Crippen molar-refractivity contribution in [2.45, 2.75) is 19.8 Å². The molecule has 0 saturated heterocycles. The molecule has 26 heavy (non-hydrogen) atoms. The zero-order chi connectivity index (χ0) is 18.9. The molecule has 3 N–H and O–H groups in total. The van der Waals surface area contributed by atoms with E-state index in [1.54, 1.807) is 13.2 Å². The first-order valence-electron chi connectivity index (χ1n) is 8.27. The highest BCUT2D eigenvalue weighted by Crippen LogP contribution is 2.17. The average Bonchev–Trinajstić information content (AvgIpc) is 2.65. The Morgan fingerprint density at radius 2 is 1.69 bits per heavy atom. The molecule has 6 heteroatoms. The minimum Gasteiger partial charge on any atom is -0.497 e. The van der Waals surface area contributed by atoms with Crippen LogP contribution in [-0.4, -0.2) is 18.1 Å².